The number of carbonyl (C=O) groups is 1. The van der Waals surface area contributed by atoms with Crippen LogP contribution in [0.5, 0.6) is 0 Å². The lowest BCUT2D eigenvalue weighted by Gasteiger charge is -2.29. The third kappa shape index (κ3) is 6.64. The Morgan fingerprint density at radius 2 is 2.06 bits per heavy atom. The number of anilines is 1. The van der Waals surface area contributed by atoms with E-state index in [1.165, 1.54) is 34.7 Å². The lowest BCUT2D eigenvalue weighted by molar-refractivity contribution is 0.0246. The van der Waals surface area contributed by atoms with Gasteiger partial charge in [0.1, 0.15) is 34.9 Å². The number of aromatic nitrogens is 3. The van der Waals surface area contributed by atoms with Crippen molar-refractivity contribution in [3.63, 3.8) is 0 Å². The average Bonchev–Trinajstić information content (AvgIpc) is 3.43. The van der Waals surface area contributed by atoms with Crippen LogP contribution in [0.4, 0.5) is 13.8 Å². The van der Waals surface area contributed by atoms with Crippen LogP contribution in [0.15, 0.2) is 30.9 Å². The van der Waals surface area contributed by atoms with Crippen molar-refractivity contribution in [1.29, 1.82) is 0 Å². The summed E-state index contributed by atoms with van der Waals surface area (Å²) in [5.74, 6) is -2.07. The second-order valence-corrected chi connectivity index (χ2v) is 9.59. The van der Waals surface area contributed by atoms with Gasteiger partial charge in [0.2, 0.25) is 0 Å². The molecule has 0 spiro atoms. The first-order chi connectivity index (χ1) is 16.8. The van der Waals surface area contributed by atoms with E-state index in [0.717, 1.165) is 54.7 Å². The van der Waals surface area contributed by atoms with E-state index in [1.54, 1.807) is 6.92 Å². The molecular weight excluding hydrogens is 474 g/mol. The van der Waals surface area contributed by atoms with Gasteiger partial charge in [0.15, 0.2) is 0 Å². The molecule has 3 aromatic rings. The van der Waals surface area contributed by atoms with Crippen LogP contribution in [-0.4, -0.2) is 39.0 Å². The first-order valence-electron chi connectivity index (χ1n) is 11.8. The number of rotatable bonds is 13. The summed E-state index contributed by atoms with van der Waals surface area (Å²) in [6.45, 7) is 5.73. The van der Waals surface area contributed by atoms with Gasteiger partial charge in [0, 0.05) is 16.5 Å². The van der Waals surface area contributed by atoms with Crippen LogP contribution in [0.1, 0.15) is 65.9 Å². The van der Waals surface area contributed by atoms with Gasteiger partial charge < -0.3 is 15.2 Å². The fourth-order valence-corrected chi connectivity index (χ4v) is 5.23. The molecule has 35 heavy (non-hydrogen) atoms. The smallest absolute Gasteiger partial charge is 0.341 e. The molecule has 3 rings (SSSR count). The number of benzene rings is 1. The molecule has 0 saturated heterocycles. The summed E-state index contributed by atoms with van der Waals surface area (Å²) in [7, 11) is 0. The van der Waals surface area contributed by atoms with Gasteiger partial charge in [-0.25, -0.2) is 23.2 Å². The zero-order valence-electron chi connectivity index (χ0n) is 20.3. The molecule has 0 amide bonds. The molecule has 1 aromatic carbocycles. The number of ether oxygens (including phenoxy) is 1. The second kappa shape index (κ2) is 12.2. The SMILES string of the molecule is CCCCCCc1sc(NCC(O)(Cn2cncn2)c2ccc(F)cc2F)c(C(=O)OCC)c1C. The Bertz CT molecular complexity index is 1120. The van der Waals surface area contributed by atoms with Crippen molar-refractivity contribution in [2.75, 3.05) is 18.5 Å². The zero-order chi connectivity index (χ0) is 25.4. The molecule has 7 nitrogen and oxygen atoms in total. The highest BCUT2D eigenvalue weighted by atomic mass is 32.1. The standard InChI is InChI=1S/C25H32F2N4O3S/c1-4-6-7-8-9-21-17(3)22(24(32)34-5-2)23(35-21)29-13-25(33,14-31-16-28-15-30-31)19-11-10-18(26)12-20(19)27/h10-12,15-16,29,33H,4-9,13-14H2,1-3H3. The number of aryl methyl sites for hydroxylation is 1. The summed E-state index contributed by atoms with van der Waals surface area (Å²) in [6, 6.07) is 3.04. The van der Waals surface area contributed by atoms with Gasteiger partial charge in [-0.15, -0.1) is 11.3 Å². The normalized spacial score (nSPS) is 13.0. The zero-order valence-corrected chi connectivity index (χ0v) is 21.1. The highest BCUT2D eigenvalue weighted by molar-refractivity contribution is 7.16. The fraction of sp³-hybridized carbons (Fsp3) is 0.480. The van der Waals surface area contributed by atoms with Crippen LogP contribution >= 0.6 is 11.3 Å². The molecule has 0 saturated carbocycles. The molecule has 190 valence electrons. The van der Waals surface area contributed by atoms with Crippen molar-refractivity contribution in [2.45, 2.75) is 65.0 Å². The van der Waals surface area contributed by atoms with Crippen LogP contribution in [0.3, 0.4) is 0 Å². The van der Waals surface area contributed by atoms with E-state index in [0.29, 0.717) is 10.6 Å². The van der Waals surface area contributed by atoms with Crippen molar-refractivity contribution in [2.24, 2.45) is 0 Å². The maximum absolute atomic E-state index is 14.7. The summed E-state index contributed by atoms with van der Waals surface area (Å²) in [5, 5.41) is 19.3. The number of hydrogen-bond donors (Lipinski definition) is 2. The lowest BCUT2D eigenvalue weighted by Crippen LogP contribution is -2.39. The van der Waals surface area contributed by atoms with Crippen LogP contribution in [0.25, 0.3) is 0 Å². The molecular formula is C25H32F2N4O3S. The summed E-state index contributed by atoms with van der Waals surface area (Å²) < 4.78 is 34.9. The molecule has 0 aliphatic heterocycles. The number of aliphatic hydroxyl groups is 1. The summed E-state index contributed by atoms with van der Waals surface area (Å²) in [4.78, 5) is 17.7. The van der Waals surface area contributed by atoms with E-state index in [2.05, 4.69) is 22.3 Å². The molecule has 2 N–H and O–H groups in total. The fourth-order valence-electron chi connectivity index (χ4n) is 4.00. The number of hydrogen-bond acceptors (Lipinski definition) is 7. The van der Waals surface area contributed by atoms with E-state index in [9.17, 15) is 18.7 Å². The van der Waals surface area contributed by atoms with Gasteiger partial charge in [0.25, 0.3) is 0 Å². The first kappa shape index (κ1) is 26.7. The first-order valence-corrected chi connectivity index (χ1v) is 12.6. The van der Waals surface area contributed by atoms with Crippen LogP contribution in [0, 0.1) is 18.6 Å². The minimum atomic E-state index is -1.81. The monoisotopic (exact) mass is 506 g/mol. The molecule has 0 fully saturated rings. The molecule has 2 aromatic heterocycles. The number of carbonyl (C=O) groups excluding carboxylic acids is 1. The Morgan fingerprint density at radius 3 is 2.71 bits per heavy atom. The lowest BCUT2D eigenvalue weighted by atomic mass is 9.92. The maximum Gasteiger partial charge on any atom is 0.341 e. The minimum absolute atomic E-state index is 0.0901. The predicted molar refractivity (Wildman–Crippen MR) is 132 cm³/mol. The number of unbranched alkanes of at least 4 members (excludes halogenated alkanes) is 3. The van der Waals surface area contributed by atoms with Crippen LogP contribution in [-0.2, 0) is 23.3 Å². The van der Waals surface area contributed by atoms with Crippen molar-refractivity contribution >= 4 is 22.3 Å². The molecule has 0 radical (unpaired) electrons. The number of thiophene rings is 1. The second-order valence-electron chi connectivity index (χ2n) is 8.49. The maximum atomic E-state index is 14.7. The Kier molecular flexibility index (Phi) is 9.33. The predicted octanol–water partition coefficient (Wildman–Crippen LogP) is 5.23. The van der Waals surface area contributed by atoms with Crippen molar-refractivity contribution < 1.29 is 23.4 Å². The van der Waals surface area contributed by atoms with Gasteiger partial charge in [-0.2, -0.15) is 5.10 Å². The molecule has 0 aliphatic carbocycles. The number of nitrogens with one attached hydrogen (secondary N) is 1. The highest BCUT2D eigenvalue weighted by Gasteiger charge is 2.34. The Labute approximate surface area is 208 Å². The van der Waals surface area contributed by atoms with Crippen LogP contribution in [0.2, 0.25) is 0 Å². The van der Waals surface area contributed by atoms with E-state index in [4.69, 9.17) is 4.74 Å². The summed E-state index contributed by atoms with van der Waals surface area (Å²) in [5.41, 5.74) is -0.630. The average molecular weight is 507 g/mol. The largest absolute Gasteiger partial charge is 0.462 e. The summed E-state index contributed by atoms with van der Waals surface area (Å²) in [6.07, 6.45) is 7.94. The van der Waals surface area contributed by atoms with Gasteiger partial charge in [-0.05, 0) is 38.3 Å². The molecule has 2 heterocycles. The Hall–Kier alpha value is -2.85. The minimum Gasteiger partial charge on any atom is -0.462 e. The van der Waals surface area contributed by atoms with Crippen molar-refractivity contribution in [3.8, 4) is 0 Å². The van der Waals surface area contributed by atoms with E-state index >= 15 is 0 Å². The van der Waals surface area contributed by atoms with Gasteiger partial charge >= 0.3 is 5.97 Å². The number of esters is 1. The van der Waals surface area contributed by atoms with Crippen LogP contribution < -0.4 is 5.32 Å². The Balaban J connectivity index is 1.92. The highest BCUT2D eigenvalue weighted by Crippen LogP contribution is 2.36. The third-order valence-electron chi connectivity index (χ3n) is 5.85. The third-order valence-corrected chi connectivity index (χ3v) is 7.16. The van der Waals surface area contributed by atoms with E-state index in [-0.39, 0.29) is 25.3 Å². The van der Waals surface area contributed by atoms with E-state index < -0.39 is 23.2 Å². The van der Waals surface area contributed by atoms with Crippen molar-refractivity contribution in [1.82, 2.24) is 14.8 Å². The topological polar surface area (TPSA) is 89.3 Å². The molecule has 1 unspecified atom stereocenters. The molecule has 1 atom stereocenters. The number of halogens is 2. The number of nitrogens with zero attached hydrogens (tertiary/aromatic N) is 3. The quantitative estimate of drug-likeness (QED) is 0.244. The van der Waals surface area contributed by atoms with Gasteiger partial charge in [-0.1, -0.05) is 32.3 Å². The summed E-state index contributed by atoms with van der Waals surface area (Å²) >= 11 is 1.44. The Morgan fingerprint density at radius 1 is 1.26 bits per heavy atom. The van der Waals surface area contributed by atoms with Gasteiger partial charge in [-0.3, -0.25) is 0 Å². The van der Waals surface area contributed by atoms with Gasteiger partial charge in [0.05, 0.1) is 25.3 Å². The molecule has 0 aliphatic rings. The molecule has 0 bridgehead atoms. The van der Waals surface area contributed by atoms with Crippen molar-refractivity contribution in [3.05, 3.63) is 64.1 Å². The van der Waals surface area contributed by atoms with E-state index in [1.807, 2.05) is 6.92 Å². The molecule has 10 heteroatoms.